The predicted octanol–water partition coefficient (Wildman–Crippen LogP) is 2.35. The summed E-state index contributed by atoms with van der Waals surface area (Å²) >= 11 is 0. The average Bonchev–Trinajstić information content (AvgIpc) is 2.44. The van der Waals surface area contributed by atoms with Crippen LogP contribution in [-0.4, -0.2) is 23.9 Å². The molecule has 0 bridgehead atoms. The molecule has 1 aliphatic heterocycles. The van der Waals surface area contributed by atoms with Gasteiger partial charge in [0.05, 0.1) is 5.60 Å². The first kappa shape index (κ1) is 10.4. The first-order chi connectivity index (χ1) is 6.56. The number of ether oxygens (including phenoxy) is 1. The van der Waals surface area contributed by atoms with E-state index in [1.165, 1.54) is 12.8 Å². The Morgan fingerprint density at radius 1 is 1.14 bits per heavy atom. The molecule has 0 aromatic rings. The zero-order valence-corrected chi connectivity index (χ0v) is 9.38. The Morgan fingerprint density at radius 3 is 2.29 bits per heavy atom. The van der Waals surface area contributed by atoms with Crippen molar-refractivity contribution in [2.24, 2.45) is 11.3 Å². The summed E-state index contributed by atoms with van der Waals surface area (Å²) in [6.45, 7) is 6.11. The number of hydrogen-bond donors (Lipinski definition) is 1. The Balaban J connectivity index is 2.13. The van der Waals surface area contributed by atoms with Gasteiger partial charge in [-0.3, -0.25) is 0 Å². The number of hydrogen-bond acceptors (Lipinski definition) is 2. The molecule has 1 atom stereocenters. The molecule has 2 nitrogen and oxygen atoms in total. The van der Waals surface area contributed by atoms with E-state index in [4.69, 9.17) is 4.74 Å². The minimum atomic E-state index is -0.420. The van der Waals surface area contributed by atoms with Gasteiger partial charge >= 0.3 is 0 Å². The Bertz CT molecular complexity index is 206. The van der Waals surface area contributed by atoms with Crippen LogP contribution in [0.25, 0.3) is 0 Å². The molecule has 1 saturated carbocycles. The van der Waals surface area contributed by atoms with Gasteiger partial charge in [0.1, 0.15) is 0 Å². The summed E-state index contributed by atoms with van der Waals surface area (Å²) in [6.07, 6.45) is 5.42. The molecule has 0 aromatic carbocycles. The summed E-state index contributed by atoms with van der Waals surface area (Å²) < 4.78 is 5.36. The largest absolute Gasteiger partial charge is 0.389 e. The molecule has 0 radical (unpaired) electrons. The van der Waals surface area contributed by atoms with Crippen LogP contribution >= 0.6 is 0 Å². The summed E-state index contributed by atoms with van der Waals surface area (Å²) in [5.41, 5.74) is -0.314. The summed E-state index contributed by atoms with van der Waals surface area (Å²) in [6, 6.07) is 0. The van der Waals surface area contributed by atoms with Crippen molar-refractivity contribution in [3.05, 3.63) is 0 Å². The van der Waals surface area contributed by atoms with Gasteiger partial charge in [-0.25, -0.2) is 0 Å². The van der Waals surface area contributed by atoms with Crippen molar-refractivity contribution in [3.8, 4) is 0 Å². The van der Waals surface area contributed by atoms with Gasteiger partial charge in [0.25, 0.3) is 0 Å². The van der Waals surface area contributed by atoms with E-state index >= 15 is 0 Å². The maximum Gasteiger partial charge on any atom is 0.0728 e. The van der Waals surface area contributed by atoms with Gasteiger partial charge in [0.15, 0.2) is 0 Å². The van der Waals surface area contributed by atoms with Crippen LogP contribution < -0.4 is 0 Å². The third-order valence-corrected chi connectivity index (χ3v) is 4.43. The molecule has 0 amide bonds. The fraction of sp³-hybridized carbons (Fsp3) is 1.00. The molecule has 1 aliphatic carbocycles. The quantitative estimate of drug-likeness (QED) is 0.701. The lowest BCUT2D eigenvalue weighted by molar-refractivity contribution is -0.119. The predicted molar refractivity (Wildman–Crippen MR) is 56.1 cm³/mol. The SMILES string of the molecule is CC1(C)CCCC1(O)C1CCOCC1. The van der Waals surface area contributed by atoms with Crippen LogP contribution in [0.3, 0.4) is 0 Å². The second kappa shape index (κ2) is 3.49. The van der Waals surface area contributed by atoms with Crippen LogP contribution in [-0.2, 0) is 4.74 Å². The molecule has 1 unspecified atom stereocenters. The molecule has 2 heteroatoms. The normalized spacial score (nSPS) is 38.8. The van der Waals surface area contributed by atoms with Gasteiger partial charge < -0.3 is 9.84 Å². The van der Waals surface area contributed by atoms with Gasteiger partial charge in [0, 0.05) is 13.2 Å². The highest BCUT2D eigenvalue weighted by Crippen LogP contribution is 2.52. The first-order valence-corrected chi connectivity index (χ1v) is 5.86. The Labute approximate surface area is 86.6 Å². The summed E-state index contributed by atoms with van der Waals surface area (Å²) in [4.78, 5) is 0. The van der Waals surface area contributed by atoms with E-state index in [9.17, 15) is 5.11 Å². The highest BCUT2D eigenvalue weighted by Gasteiger charge is 2.52. The molecular formula is C12H22O2. The third kappa shape index (κ3) is 1.49. The molecule has 2 fully saturated rings. The highest BCUT2D eigenvalue weighted by molar-refractivity contribution is 5.03. The van der Waals surface area contributed by atoms with Crippen molar-refractivity contribution in [1.29, 1.82) is 0 Å². The smallest absolute Gasteiger partial charge is 0.0728 e. The Morgan fingerprint density at radius 2 is 1.79 bits per heavy atom. The lowest BCUT2D eigenvalue weighted by Crippen LogP contribution is -2.48. The van der Waals surface area contributed by atoms with Crippen LogP contribution in [0.15, 0.2) is 0 Å². The molecular weight excluding hydrogens is 176 g/mol. The van der Waals surface area contributed by atoms with Crippen LogP contribution in [0.2, 0.25) is 0 Å². The van der Waals surface area contributed by atoms with E-state index < -0.39 is 5.60 Å². The van der Waals surface area contributed by atoms with E-state index in [1.54, 1.807) is 0 Å². The summed E-state index contributed by atoms with van der Waals surface area (Å²) in [7, 11) is 0. The minimum Gasteiger partial charge on any atom is -0.389 e. The van der Waals surface area contributed by atoms with Crippen LogP contribution in [0.4, 0.5) is 0 Å². The maximum atomic E-state index is 10.8. The molecule has 14 heavy (non-hydrogen) atoms. The summed E-state index contributed by atoms with van der Waals surface area (Å²) in [5.74, 6) is 0.466. The minimum absolute atomic E-state index is 0.106. The van der Waals surface area contributed by atoms with Crippen molar-refractivity contribution in [2.45, 2.75) is 51.6 Å². The van der Waals surface area contributed by atoms with Crippen molar-refractivity contribution in [3.63, 3.8) is 0 Å². The van der Waals surface area contributed by atoms with Gasteiger partial charge in [-0.1, -0.05) is 13.8 Å². The van der Waals surface area contributed by atoms with Gasteiger partial charge in [-0.15, -0.1) is 0 Å². The molecule has 82 valence electrons. The standard InChI is InChI=1S/C12H22O2/c1-11(2)6-3-7-12(11,13)10-4-8-14-9-5-10/h10,13H,3-9H2,1-2H3. The molecule has 1 heterocycles. The zero-order chi connectivity index (χ0) is 10.2. The Hall–Kier alpha value is -0.0800. The lowest BCUT2D eigenvalue weighted by atomic mass is 9.68. The van der Waals surface area contributed by atoms with Crippen molar-refractivity contribution in [1.82, 2.24) is 0 Å². The van der Waals surface area contributed by atoms with E-state index in [0.29, 0.717) is 5.92 Å². The highest BCUT2D eigenvalue weighted by atomic mass is 16.5. The van der Waals surface area contributed by atoms with Gasteiger partial charge in [-0.05, 0) is 43.4 Å². The molecule has 0 aromatic heterocycles. The molecule has 1 N–H and O–H groups in total. The number of aliphatic hydroxyl groups is 1. The molecule has 1 saturated heterocycles. The van der Waals surface area contributed by atoms with Crippen LogP contribution in [0, 0.1) is 11.3 Å². The molecule has 2 aliphatic rings. The van der Waals surface area contributed by atoms with E-state index in [-0.39, 0.29) is 5.41 Å². The second-order valence-electron chi connectivity index (χ2n) is 5.55. The van der Waals surface area contributed by atoms with E-state index in [0.717, 1.165) is 32.5 Å². The van der Waals surface area contributed by atoms with Crippen molar-refractivity contribution < 1.29 is 9.84 Å². The van der Waals surface area contributed by atoms with Gasteiger partial charge in [0.2, 0.25) is 0 Å². The van der Waals surface area contributed by atoms with Crippen LogP contribution in [0.1, 0.15) is 46.0 Å². The third-order valence-electron chi connectivity index (χ3n) is 4.43. The summed E-state index contributed by atoms with van der Waals surface area (Å²) in [5, 5.41) is 10.8. The molecule has 2 rings (SSSR count). The van der Waals surface area contributed by atoms with Crippen LogP contribution in [0.5, 0.6) is 0 Å². The van der Waals surface area contributed by atoms with E-state index in [2.05, 4.69) is 13.8 Å². The first-order valence-electron chi connectivity index (χ1n) is 5.86. The maximum absolute atomic E-state index is 10.8. The monoisotopic (exact) mass is 198 g/mol. The van der Waals surface area contributed by atoms with Crippen molar-refractivity contribution in [2.75, 3.05) is 13.2 Å². The fourth-order valence-electron chi connectivity index (χ4n) is 3.29. The Kier molecular flexibility index (Phi) is 2.61. The topological polar surface area (TPSA) is 29.5 Å². The number of rotatable bonds is 1. The van der Waals surface area contributed by atoms with E-state index in [1.807, 2.05) is 0 Å². The molecule has 0 spiro atoms. The zero-order valence-electron chi connectivity index (χ0n) is 9.38. The lowest BCUT2D eigenvalue weighted by Gasteiger charge is -2.44. The fourth-order valence-corrected chi connectivity index (χ4v) is 3.29. The van der Waals surface area contributed by atoms with Crippen molar-refractivity contribution >= 4 is 0 Å². The second-order valence-corrected chi connectivity index (χ2v) is 5.55. The average molecular weight is 198 g/mol. The van der Waals surface area contributed by atoms with Gasteiger partial charge in [-0.2, -0.15) is 0 Å².